The van der Waals surface area contributed by atoms with Crippen molar-refractivity contribution >= 4 is 16.3 Å². The molecule has 2 rings (SSSR count). The van der Waals surface area contributed by atoms with Gasteiger partial charge in [-0.2, -0.15) is 0 Å². The standard InChI is InChI=1S/C12H19N3OS/c1-9(8-16-2)5-10(13)6-11-7-15-3-4-17-12(15)14-11/h3-4,7,9-10H,5-6,8,13H2,1-2H3. The zero-order valence-electron chi connectivity index (χ0n) is 10.3. The maximum absolute atomic E-state index is 6.13. The predicted molar refractivity (Wildman–Crippen MR) is 70.4 cm³/mol. The Morgan fingerprint density at radius 1 is 1.59 bits per heavy atom. The molecule has 2 aromatic rings. The average Bonchev–Trinajstić information content (AvgIpc) is 2.77. The van der Waals surface area contributed by atoms with Crippen molar-refractivity contribution in [1.29, 1.82) is 0 Å². The first-order valence-corrected chi connectivity index (χ1v) is 6.72. The summed E-state index contributed by atoms with van der Waals surface area (Å²) in [6.45, 7) is 2.93. The lowest BCUT2D eigenvalue weighted by atomic mass is 10.00. The van der Waals surface area contributed by atoms with Gasteiger partial charge in [-0.3, -0.25) is 4.40 Å². The Hall–Kier alpha value is -0.910. The molecule has 0 spiro atoms. The Balaban J connectivity index is 1.89. The number of aromatic nitrogens is 2. The number of ether oxygens (including phenoxy) is 1. The molecule has 0 aromatic carbocycles. The number of imidazole rings is 1. The molecule has 17 heavy (non-hydrogen) atoms. The highest BCUT2D eigenvalue weighted by molar-refractivity contribution is 7.15. The molecule has 5 heteroatoms. The highest BCUT2D eigenvalue weighted by Crippen LogP contribution is 2.14. The Bertz CT molecular complexity index is 436. The number of thiazole rings is 1. The number of fused-ring (bicyclic) bond motifs is 1. The molecule has 0 amide bonds. The minimum absolute atomic E-state index is 0.157. The molecule has 0 aliphatic carbocycles. The Morgan fingerprint density at radius 3 is 3.12 bits per heavy atom. The smallest absolute Gasteiger partial charge is 0.193 e. The second kappa shape index (κ2) is 5.62. The van der Waals surface area contributed by atoms with Crippen LogP contribution in [0.4, 0.5) is 0 Å². The summed E-state index contributed by atoms with van der Waals surface area (Å²) in [7, 11) is 1.73. The number of hydrogen-bond donors (Lipinski definition) is 1. The van der Waals surface area contributed by atoms with Gasteiger partial charge in [0.25, 0.3) is 0 Å². The summed E-state index contributed by atoms with van der Waals surface area (Å²) in [6, 6.07) is 0.157. The van der Waals surface area contributed by atoms with E-state index in [2.05, 4.69) is 18.1 Å². The first kappa shape index (κ1) is 12.5. The topological polar surface area (TPSA) is 52.5 Å². The Labute approximate surface area is 105 Å². The lowest BCUT2D eigenvalue weighted by Crippen LogP contribution is -2.26. The normalized spacial score (nSPS) is 15.2. The van der Waals surface area contributed by atoms with E-state index >= 15 is 0 Å². The molecule has 0 saturated carbocycles. The summed E-state index contributed by atoms with van der Waals surface area (Å²) in [5.74, 6) is 0.499. The van der Waals surface area contributed by atoms with Gasteiger partial charge in [-0.05, 0) is 12.3 Å². The summed E-state index contributed by atoms with van der Waals surface area (Å²) in [6.07, 6.45) is 5.89. The van der Waals surface area contributed by atoms with E-state index < -0.39 is 0 Å². The maximum Gasteiger partial charge on any atom is 0.193 e. The molecule has 2 N–H and O–H groups in total. The van der Waals surface area contributed by atoms with Crippen LogP contribution in [0, 0.1) is 5.92 Å². The van der Waals surface area contributed by atoms with Crippen LogP contribution < -0.4 is 5.73 Å². The number of nitrogens with two attached hydrogens (primary N) is 1. The fraction of sp³-hybridized carbons (Fsp3) is 0.583. The average molecular weight is 253 g/mol. The van der Waals surface area contributed by atoms with Crippen molar-refractivity contribution in [2.45, 2.75) is 25.8 Å². The van der Waals surface area contributed by atoms with Gasteiger partial charge in [-0.25, -0.2) is 4.98 Å². The molecule has 0 fully saturated rings. The zero-order valence-corrected chi connectivity index (χ0v) is 11.1. The summed E-state index contributed by atoms with van der Waals surface area (Å²) in [4.78, 5) is 5.58. The molecular weight excluding hydrogens is 234 g/mol. The van der Waals surface area contributed by atoms with Crippen LogP contribution in [0.2, 0.25) is 0 Å². The highest BCUT2D eigenvalue weighted by atomic mass is 32.1. The van der Waals surface area contributed by atoms with Crippen LogP contribution in [0.5, 0.6) is 0 Å². The van der Waals surface area contributed by atoms with Gasteiger partial charge >= 0.3 is 0 Å². The fourth-order valence-corrected chi connectivity index (χ4v) is 2.81. The maximum atomic E-state index is 6.13. The second-order valence-electron chi connectivity index (χ2n) is 4.59. The molecular formula is C12H19N3OS. The van der Waals surface area contributed by atoms with E-state index in [1.807, 2.05) is 16.0 Å². The third-order valence-electron chi connectivity index (χ3n) is 2.77. The van der Waals surface area contributed by atoms with E-state index in [0.29, 0.717) is 5.92 Å². The Morgan fingerprint density at radius 2 is 2.41 bits per heavy atom. The van der Waals surface area contributed by atoms with E-state index in [0.717, 1.165) is 30.1 Å². The van der Waals surface area contributed by atoms with Crippen LogP contribution in [0.1, 0.15) is 19.0 Å². The lowest BCUT2D eigenvalue weighted by Gasteiger charge is -2.15. The quantitative estimate of drug-likeness (QED) is 0.856. The zero-order chi connectivity index (χ0) is 12.3. The van der Waals surface area contributed by atoms with E-state index in [1.165, 1.54) is 0 Å². The van der Waals surface area contributed by atoms with Crippen LogP contribution in [0.3, 0.4) is 0 Å². The largest absolute Gasteiger partial charge is 0.384 e. The van der Waals surface area contributed by atoms with Gasteiger partial charge < -0.3 is 10.5 Å². The molecule has 4 nitrogen and oxygen atoms in total. The van der Waals surface area contributed by atoms with Crippen molar-refractivity contribution in [3.8, 4) is 0 Å². The van der Waals surface area contributed by atoms with E-state index in [-0.39, 0.29) is 6.04 Å². The molecule has 0 radical (unpaired) electrons. The molecule has 2 aromatic heterocycles. The van der Waals surface area contributed by atoms with Crippen molar-refractivity contribution in [2.24, 2.45) is 11.7 Å². The molecule has 0 aliphatic heterocycles. The second-order valence-corrected chi connectivity index (χ2v) is 5.46. The summed E-state index contributed by atoms with van der Waals surface area (Å²) >= 11 is 1.65. The predicted octanol–water partition coefficient (Wildman–Crippen LogP) is 1.94. The fourth-order valence-electron chi connectivity index (χ4n) is 2.10. The first-order valence-electron chi connectivity index (χ1n) is 5.84. The summed E-state index contributed by atoms with van der Waals surface area (Å²) < 4.78 is 7.16. The van der Waals surface area contributed by atoms with Crippen LogP contribution in [0.25, 0.3) is 4.96 Å². The first-order chi connectivity index (χ1) is 8.19. The van der Waals surface area contributed by atoms with Gasteiger partial charge in [-0.1, -0.05) is 6.92 Å². The van der Waals surface area contributed by atoms with E-state index in [1.54, 1.807) is 18.4 Å². The highest BCUT2D eigenvalue weighted by Gasteiger charge is 2.12. The van der Waals surface area contributed by atoms with Crippen molar-refractivity contribution in [3.63, 3.8) is 0 Å². The molecule has 0 bridgehead atoms. The third-order valence-corrected chi connectivity index (χ3v) is 3.54. The lowest BCUT2D eigenvalue weighted by molar-refractivity contribution is 0.152. The molecule has 94 valence electrons. The molecule has 0 saturated heterocycles. The van der Waals surface area contributed by atoms with Crippen LogP contribution in [-0.2, 0) is 11.2 Å². The molecule has 0 aliphatic rings. The third kappa shape index (κ3) is 3.28. The van der Waals surface area contributed by atoms with Gasteiger partial charge in [0.05, 0.1) is 5.69 Å². The molecule has 2 unspecified atom stereocenters. The van der Waals surface area contributed by atoms with Gasteiger partial charge in [-0.15, -0.1) is 11.3 Å². The monoisotopic (exact) mass is 253 g/mol. The molecule has 2 heterocycles. The summed E-state index contributed by atoms with van der Waals surface area (Å²) in [5.41, 5.74) is 7.20. The minimum Gasteiger partial charge on any atom is -0.384 e. The Kier molecular flexibility index (Phi) is 4.15. The van der Waals surface area contributed by atoms with Gasteiger partial charge in [0.1, 0.15) is 0 Å². The van der Waals surface area contributed by atoms with Crippen molar-refractivity contribution in [1.82, 2.24) is 9.38 Å². The number of hydrogen-bond acceptors (Lipinski definition) is 4. The molecule has 2 atom stereocenters. The number of methoxy groups -OCH3 is 1. The van der Waals surface area contributed by atoms with Crippen molar-refractivity contribution < 1.29 is 4.74 Å². The minimum atomic E-state index is 0.157. The SMILES string of the molecule is COCC(C)CC(N)Cc1cn2ccsc2n1. The number of rotatable bonds is 6. The van der Waals surface area contributed by atoms with Crippen molar-refractivity contribution in [3.05, 3.63) is 23.5 Å². The van der Waals surface area contributed by atoms with Crippen LogP contribution >= 0.6 is 11.3 Å². The van der Waals surface area contributed by atoms with Gasteiger partial charge in [0, 0.05) is 44.0 Å². The van der Waals surface area contributed by atoms with Crippen molar-refractivity contribution in [2.75, 3.05) is 13.7 Å². The van der Waals surface area contributed by atoms with Crippen LogP contribution in [-0.4, -0.2) is 29.1 Å². The summed E-state index contributed by atoms with van der Waals surface area (Å²) in [5, 5.41) is 2.03. The van der Waals surface area contributed by atoms with Gasteiger partial charge in [0.15, 0.2) is 4.96 Å². The van der Waals surface area contributed by atoms with E-state index in [4.69, 9.17) is 10.5 Å². The number of nitrogens with zero attached hydrogens (tertiary/aromatic N) is 2. The van der Waals surface area contributed by atoms with Gasteiger partial charge in [0.2, 0.25) is 0 Å². The van der Waals surface area contributed by atoms with E-state index in [9.17, 15) is 0 Å². The van der Waals surface area contributed by atoms with Crippen LogP contribution in [0.15, 0.2) is 17.8 Å².